The first kappa shape index (κ1) is 23.1. The van der Waals surface area contributed by atoms with Gasteiger partial charge in [0.25, 0.3) is 5.52 Å². The molecule has 0 aliphatic rings. The highest BCUT2D eigenvalue weighted by Gasteiger charge is 2.14. The number of nitrogens with zero attached hydrogens (tertiary/aromatic N) is 2. The number of aromatic nitrogens is 2. The lowest BCUT2D eigenvalue weighted by Gasteiger charge is -2.07. The average molecular weight is 455 g/mol. The number of phenolic OH excluding ortho intramolecular Hbond substituents is 2. The smallest absolute Gasteiger partial charge is 0.254 e. The summed E-state index contributed by atoms with van der Waals surface area (Å²) in [6, 6.07) is 15.2. The van der Waals surface area contributed by atoms with Crippen LogP contribution in [0.1, 0.15) is 16.8 Å². The Labute approximate surface area is 185 Å². The van der Waals surface area contributed by atoms with Crippen LogP contribution in [-0.4, -0.2) is 35.3 Å². The van der Waals surface area contributed by atoms with Gasteiger partial charge in [0.15, 0.2) is 5.75 Å². The highest BCUT2D eigenvalue weighted by atomic mass is 32.3. The number of hydrogen-bond acceptors (Lipinski definition) is 7. The van der Waals surface area contributed by atoms with Gasteiger partial charge in [0.1, 0.15) is 18.3 Å². The average Bonchev–Trinajstić information content (AvgIpc) is 2.76. The Balaban J connectivity index is 0.000000427. The van der Waals surface area contributed by atoms with E-state index in [2.05, 4.69) is 9.17 Å². The largest absolute Gasteiger partial charge is 0.726 e. The van der Waals surface area contributed by atoms with Gasteiger partial charge >= 0.3 is 0 Å². The van der Waals surface area contributed by atoms with Crippen LogP contribution >= 0.6 is 0 Å². The van der Waals surface area contributed by atoms with E-state index in [0.717, 1.165) is 34.7 Å². The molecule has 2 heterocycles. The number of fused-ring (bicyclic) bond motifs is 2. The van der Waals surface area contributed by atoms with Crippen molar-refractivity contribution < 1.29 is 31.9 Å². The first-order chi connectivity index (χ1) is 15.1. The molecule has 0 spiro atoms. The molecule has 0 amide bonds. The second-order valence-corrected chi connectivity index (χ2v) is 8.12. The fraction of sp³-hybridized carbons (Fsp3) is 0.130. The lowest BCUT2D eigenvalue weighted by atomic mass is 10.0. The predicted molar refractivity (Wildman–Crippen MR) is 121 cm³/mol. The fourth-order valence-corrected chi connectivity index (χ4v) is 3.36. The van der Waals surface area contributed by atoms with Gasteiger partial charge in [0.05, 0.1) is 12.5 Å². The van der Waals surface area contributed by atoms with Crippen LogP contribution in [0.25, 0.3) is 34.0 Å². The van der Waals surface area contributed by atoms with Gasteiger partial charge in [0.2, 0.25) is 16.1 Å². The van der Waals surface area contributed by atoms with E-state index in [0.29, 0.717) is 11.1 Å². The Kier molecular flexibility index (Phi) is 6.73. The Morgan fingerprint density at radius 2 is 1.81 bits per heavy atom. The van der Waals surface area contributed by atoms with E-state index in [1.165, 1.54) is 0 Å². The highest BCUT2D eigenvalue weighted by Crippen LogP contribution is 2.31. The Morgan fingerprint density at radius 3 is 2.50 bits per heavy atom. The van der Waals surface area contributed by atoms with Crippen LogP contribution in [0.2, 0.25) is 0 Å². The zero-order valence-corrected chi connectivity index (χ0v) is 18.5. The van der Waals surface area contributed by atoms with Gasteiger partial charge in [-0.1, -0.05) is 12.1 Å². The molecule has 4 aromatic rings. The van der Waals surface area contributed by atoms with Crippen molar-refractivity contribution in [2.45, 2.75) is 6.92 Å². The number of aryl methyl sites for hydroxylation is 2. The Bertz CT molecular complexity index is 1430. The molecule has 8 nitrogen and oxygen atoms in total. The van der Waals surface area contributed by atoms with Gasteiger partial charge in [-0.3, -0.25) is 9.17 Å². The minimum Gasteiger partial charge on any atom is -0.726 e. The third-order valence-corrected chi connectivity index (χ3v) is 5.35. The molecule has 0 atom stereocenters. The molecule has 9 heteroatoms. The van der Waals surface area contributed by atoms with E-state index in [-0.39, 0.29) is 11.5 Å². The lowest BCUT2D eigenvalue weighted by Crippen LogP contribution is -2.32. The summed E-state index contributed by atoms with van der Waals surface area (Å²) in [4.78, 5) is 4.31. The normalized spacial score (nSPS) is 11.6. The molecule has 0 unspecified atom stereocenters. The van der Waals surface area contributed by atoms with E-state index in [1.54, 1.807) is 12.3 Å². The van der Waals surface area contributed by atoms with Crippen LogP contribution in [-0.2, 0) is 21.6 Å². The van der Waals surface area contributed by atoms with E-state index < -0.39 is 10.4 Å². The van der Waals surface area contributed by atoms with Gasteiger partial charge in [-0.25, -0.2) is 8.42 Å². The molecule has 2 N–H and O–H groups in total. The highest BCUT2D eigenvalue weighted by molar-refractivity contribution is 7.80. The molecular weight excluding hydrogens is 432 g/mol. The summed E-state index contributed by atoms with van der Waals surface area (Å²) in [6.45, 7) is 2.01. The maximum atomic E-state index is 10.6. The van der Waals surface area contributed by atoms with Crippen LogP contribution in [0.5, 0.6) is 11.5 Å². The minimum atomic E-state index is -4.41. The summed E-state index contributed by atoms with van der Waals surface area (Å²) in [5.74, 6) is 0.419. The van der Waals surface area contributed by atoms with Crippen molar-refractivity contribution in [3.63, 3.8) is 0 Å². The van der Waals surface area contributed by atoms with E-state index >= 15 is 0 Å². The number of hydrogen-bond donors (Lipinski definition) is 2. The molecule has 0 aliphatic heterocycles. The third-order valence-electron chi connectivity index (χ3n) is 4.94. The lowest BCUT2D eigenvalue weighted by molar-refractivity contribution is -0.646. The van der Waals surface area contributed by atoms with Crippen LogP contribution in [0.3, 0.4) is 0 Å². The Hall–Kier alpha value is -3.53. The van der Waals surface area contributed by atoms with Crippen molar-refractivity contribution in [3.05, 3.63) is 71.5 Å². The molecule has 2 aromatic heterocycles. The fourth-order valence-electron chi connectivity index (χ4n) is 3.36. The number of rotatable bonds is 3. The van der Waals surface area contributed by atoms with Gasteiger partial charge in [-0.05, 0) is 48.9 Å². The summed E-state index contributed by atoms with van der Waals surface area (Å²) in [7, 11) is -1.69. The number of phenols is 2. The quantitative estimate of drug-likeness (QED) is 0.277. The van der Waals surface area contributed by atoms with Crippen molar-refractivity contribution in [1.82, 2.24) is 4.98 Å². The molecule has 2 aromatic carbocycles. The maximum Gasteiger partial charge on any atom is 0.254 e. The Morgan fingerprint density at radius 1 is 1.09 bits per heavy atom. The second kappa shape index (κ2) is 9.31. The van der Waals surface area contributed by atoms with Crippen molar-refractivity contribution in [2.75, 3.05) is 7.11 Å². The standard InChI is InChI=1S/C22H18N2O2.CH4O4S/c1-14-13-16(22(26)20-18(14)6-4-12-23-20)9-11-17-10-8-15-5-3-7-19(25)21(15)24(17)2;1-5-6(2,3)4/h3-13,25H,1-2H3;1H3,(H,2,3,4). The summed E-state index contributed by atoms with van der Waals surface area (Å²) in [5, 5.41) is 22.7. The number of benzene rings is 2. The van der Waals surface area contributed by atoms with E-state index in [4.69, 9.17) is 0 Å². The molecule has 0 saturated carbocycles. The summed E-state index contributed by atoms with van der Waals surface area (Å²) in [5.41, 5.74) is 4.07. The summed E-state index contributed by atoms with van der Waals surface area (Å²) in [6.07, 6.45) is 5.48. The number of para-hydroxylation sites is 1. The molecule has 0 radical (unpaired) electrons. The monoisotopic (exact) mass is 454 g/mol. The minimum absolute atomic E-state index is 0.175. The zero-order valence-electron chi connectivity index (χ0n) is 17.7. The van der Waals surface area contributed by atoms with Crippen molar-refractivity contribution in [2.24, 2.45) is 7.05 Å². The van der Waals surface area contributed by atoms with Crippen LogP contribution in [0.15, 0.2) is 54.7 Å². The first-order valence-corrected chi connectivity index (χ1v) is 10.8. The SMILES string of the molecule is COS(=O)(=O)[O-].Cc1cc(C=Cc2ccc3cccc(O)c3[n+]2C)c(O)c2ncccc12. The molecule has 0 aliphatic carbocycles. The van der Waals surface area contributed by atoms with Crippen LogP contribution < -0.4 is 4.57 Å². The molecule has 32 heavy (non-hydrogen) atoms. The van der Waals surface area contributed by atoms with Gasteiger partial charge in [-0.15, -0.1) is 0 Å². The molecule has 166 valence electrons. The first-order valence-electron chi connectivity index (χ1n) is 9.50. The molecule has 0 fully saturated rings. The second-order valence-electron chi connectivity index (χ2n) is 6.97. The van der Waals surface area contributed by atoms with Crippen molar-refractivity contribution in [3.8, 4) is 11.5 Å². The number of aromatic hydroxyl groups is 2. The van der Waals surface area contributed by atoms with Gasteiger partial charge < -0.3 is 14.8 Å². The molecule has 0 saturated heterocycles. The summed E-state index contributed by atoms with van der Waals surface area (Å²) < 4.78 is 33.0. The predicted octanol–water partition coefficient (Wildman–Crippen LogP) is 3.20. The molecule has 4 rings (SSSR count). The van der Waals surface area contributed by atoms with E-state index in [9.17, 15) is 23.2 Å². The molecule has 0 bridgehead atoms. The van der Waals surface area contributed by atoms with Crippen LogP contribution in [0, 0.1) is 6.92 Å². The van der Waals surface area contributed by atoms with Crippen LogP contribution in [0.4, 0.5) is 0 Å². The van der Waals surface area contributed by atoms with Gasteiger partial charge in [0, 0.05) is 29.3 Å². The van der Waals surface area contributed by atoms with Gasteiger partial charge in [-0.2, -0.15) is 4.57 Å². The number of pyridine rings is 2. The van der Waals surface area contributed by atoms with Crippen molar-refractivity contribution >= 4 is 44.4 Å². The van der Waals surface area contributed by atoms with E-state index in [1.807, 2.05) is 73.2 Å². The molecular formula is C23H22N2O6S. The summed E-state index contributed by atoms with van der Waals surface area (Å²) >= 11 is 0. The topological polar surface area (TPSA) is 124 Å². The third kappa shape index (κ3) is 5.02. The zero-order chi connectivity index (χ0) is 23.5. The van der Waals surface area contributed by atoms with Crippen molar-refractivity contribution in [1.29, 1.82) is 0 Å². The maximum absolute atomic E-state index is 10.6.